The summed E-state index contributed by atoms with van der Waals surface area (Å²) in [7, 11) is 0. The van der Waals surface area contributed by atoms with Gasteiger partial charge < -0.3 is 9.84 Å². The molecule has 4 unspecified atom stereocenters. The van der Waals surface area contributed by atoms with Gasteiger partial charge in [-0.1, -0.05) is 53.7 Å². The molecule has 214 valence electrons. The van der Waals surface area contributed by atoms with Crippen LogP contribution >= 0.6 is 0 Å². The summed E-state index contributed by atoms with van der Waals surface area (Å²) in [6, 6.07) is 0. The number of esters is 1. The maximum Gasteiger partial charge on any atom is 0.309 e. The number of carbonyl (C=O) groups excluding carboxylic acids is 1. The number of rotatable bonds is 5. The first-order valence-corrected chi connectivity index (χ1v) is 15.8. The van der Waals surface area contributed by atoms with Gasteiger partial charge in [0.25, 0.3) is 0 Å². The summed E-state index contributed by atoms with van der Waals surface area (Å²) >= 11 is 0. The lowest BCUT2D eigenvalue weighted by Gasteiger charge is -2.73. The molecule has 0 radical (unpaired) electrons. The summed E-state index contributed by atoms with van der Waals surface area (Å²) in [5.41, 5.74) is 1.33. The second-order valence-corrected chi connectivity index (χ2v) is 15.5. The van der Waals surface area contributed by atoms with Crippen LogP contribution in [0.4, 0.5) is 0 Å². The zero-order valence-electron chi connectivity index (χ0n) is 25.3. The number of fused-ring (bicyclic) bond motifs is 7. The van der Waals surface area contributed by atoms with E-state index in [2.05, 4.69) is 48.1 Å². The summed E-state index contributed by atoms with van der Waals surface area (Å²) in [5, 5.41) is 10.6. The molecular formula is C34H54O4. The minimum absolute atomic E-state index is 0.0121. The molecule has 5 rings (SSSR count). The van der Waals surface area contributed by atoms with Crippen LogP contribution in [0.15, 0.2) is 12.2 Å². The molecular weight excluding hydrogens is 472 g/mol. The van der Waals surface area contributed by atoms with Gasteiger partial charge in [0.2, 0.25) is 0 Å². The first-order chi connectivity index (χ1) is 17.7. The third kappa shape index (κ3) is 3.52. The van der Waals surface area contributed by atoms with Crippen LogP contribution in [0.3, 0.4) is 0 Å². The Morgan fingerprint density at radius 3 is 2.24 bits per heavy atom. The van der Waals surface area contributed by atoms with Gasteiger partial charge in [0.05, 0.1) is 12.0 Å². The summed E-state index contributed by atoms with van der Waals surface area (Å²) in [6.45, 7) is 21.3. The summed E-state index contributed by atoms with van der Waals surface area (Å²) in [6.07, 6.45) is 11.9. The minimum Gasteiger partial charge on any atom is -0.481 e. The average molecular weight is 527 g/mol. The van der Waals surface area contributed by atoms with Gasteiger partial charge in [-0.05, 0) is 122 Å². The van der Waals surface area contributed by atoms with Crippen LogP contribution in [-0.2, 0) is 14.3 Å². The predicted octanol–water partition coefficient (Wildman–Crippen LogP) is 8.30. The normalized spacial score (nSPS) is 51.7. The van der Waals surface area contributed by atoms with E-state index in [4.69, 9.17) is 4.74 Å². The number of hydrogen-bond donors (Lipinski definition) is 1. The third-order valence-corrected chi connectivity index (χ3v) is 14.7. The van der Waals surface area contributed by atoms with Crippen LogP contribution in [-0.4, -0.2) is 23.7 Å². The lowest BCUT2D eigenvalue weighted by atomic mass is 9.32. The van der Waals surface area contributed by atoms with Crippen LogP contribution in [0.25, 0.3) is 0 Å². The van der Waals surface area contributed by atoms with Crippen molar-refractivity contribution < 1.29 is 19.4 Å². The van der Waals surface area contributed by atoms with Crippen molar-refractivity contribution in [3.05, 3.63) is 12.2 Å². The number of carboxylic acid groups (broad SMARTS) is 1. The van der Waals surface area contributed by atoms with Crippen molar-refractivity contribution in [1.29, 1.82) is 0 Å². The Morgan fingerprint density at radius 2 is 1.61 bits per heavy atom. The molecule has 0 aromatic heterocycles. The summed E-state index contributed by atoms with van der Waals surface area (Å²) in [5.74, 6) is 2.07. The molecule has 0 aromatic carbocycles. The number of hydrogen-bond acceptors (Lipinski definition) is 3. The number of carbonyl (C=O) groups is 2. The molecule has 5 fully saturated rings. The van der Waals surface area contributed by atoms with Crippen LogP contribution in [0.2, 0.25) is 0 Å². The molecule has 5 aliphatic rings. The molecule has 38 heavy (non-hydrogen) atoms. The SMILES string of the molecule is C=C(CC)[C@@H]1CC[C@]2(C(=O)O)CC[C@]3(C)C(CCC4[C@@]5(C)CC[C@H](C)[C@@](C)(COC(C)=O)C5CC[C@]43C)C12. The second kappa shape index (κ2) is 9.10. The fraction of sp³-hybridized carbons (Fsp3) is 0.882. The van der Waals surface area contributed by atoms with E-state index in [0.717, 1.165) is 38.5 Å². The van der Waals surface area contributed by atoms with Crippen LogP contribution < -0.4 is 0 Å². The molecule has 11 atom stereocenters. The van der Waals surface area contributed by atoms with Crippen molar-refractivity contribution in [2.45, 2.75) is 119 Å². The highest BCUT2D eigenvalue weighted by Gasteiger charge is 2.72. The van der Waals surface area contributed by atoms with Crippen molar-refractivity contribution in [2.24, 2.45) is 62.6 Å². The maximum absolute atomic E-state index is 12.9. The Bertz CT molecular complexity index is 1000. The molecule has 0 saturated heterocycles. The fourth-order valence-corrected chi connectivity index (χ4v) is 12.2. The molecule has 0 heterocycles. The fourth-order valence-electron chi connectivity index (χ4n) is 12.2. The molecule has 0 spiro atoms. The van der Waals surface area contributed by atoms with Gasteiger partial charge >= 0.3 is 11.9 Å². The number of allylic oxidation sites excluding steroid dienone is 1. The first kappa shape index (κ1) is 28.2. The minimum atomic E-state index is -0.555. The van der Waals surface area contributed by atoms with Crippen molar-refractivity contribution in [3.8, 4) is 0 Å². The van der Waals surface area contributed by atoms with Gasteiger partial charge in [-0.15, -0.1) is 0 Å². The predicted molar refractivity (Wildman–Crippen MR) is 151 cm³/mol. The maximum atomic E-state index is 12.9. The zero-order chi connectivity index (χ0) is 27.9. The van der Waals surface area contributed by atoms with Crippen LogP contribution in [0.1, 0.15) is 119 Å². The van der Waals surface area contributed by atoms with Crippen molar-refractivity contribution >= 4 is 11.9 Å². The lowest BCUT2D eigenvalue weighted by Crippen LogP contribution is -2.67. The summed E-state index contributed by atoms with van der Waals surface area (Å²) < 4.78 is 5.74. The largest absolute Gasteiger partial charge is 0.481 e. The van der Waals surface area contributed by atoms with E-state index < -0.39 is 11.4 Å². The Morgan fingerprint density at radius 1 is 0.895 bits per heavy atom. The average Bonchev–Trinajstić information content (AvgIpc) is 3.26. The van der Waals surface area contributed by atoms with Crippen molar-refractivity contribution in [1.82, 2.24) is 0 Å². The summed E-state index contributed by atoms with van der Waals surface area (Å²) in [4.78, 5) is 24.8. The van der Waals surface area contributed by atoms with E-state index in [1.807, 2.05) is 0 Å². The molecule has 1 N–H and O–H groups in total. The smallest absolute Gasteiger partial charge is 0.309 e. The number of ether oxygens (including phenoxy) is 1. The second-order valence-electron chi connectivity index (χ2n) is 15.5. The van der Waals surface area contributed by atoms with Gasteiger partial charge in [0.15, 0.2) is 0 Å². The van der Waals surface area contributed by atoms with Crippen molar-refractivity contribution in [3.63, 3.8) is 0 Å². The molecule has 0 bridgehead atoms. The van der Waals surface area contributed by atoms with E-state index in [0.29, 0.717) is 36.2 Å². The first-order valence-electron chi connectivity index (χ1n) is 15.8. The van der Waals surface area contributed by atoms with Gasteiger partial charge in [-0.2, -0.15) is 0 Å². The Kier molecular flexibility index (Phi) is 6.76. The molecule has 0 aliphatic heterocycles. The van der Waals surface area contributed by atoms with E-state index >= 15 is 0 Å². The topological polar surface area (TPSA) is 63.6 Å². The third-order valence-electron chi connectivity index (χ3n) is 14.7. The van der Waals surface area contributed by atoms with Crippen LogP contribution in [0.5, 0.6) is 0 Å². The monoisotopic (exact) mass is 526 g/mol. The van der Waals surface area contributed by atoms with E-state index in [9.17, 15) is 14.7 Å². The van der Waals surface area contributed by atoms with Gasteiger partial charge in [0, 0.05) is 12.3 Å². The number of aliphatic carboxylic acids is 1. The van der Waals surface area contributed by atoms with Crippen LogP contribution in [0, 0.1) is 62.6 Å². The highest BCUT2D eigenvalue weighted by atomic mass is 16.5. The lowest BCUT2D eigenvalue weighted by molar-refractivity contribution is -0.248. The van der Waals surface area contributed by atoms with Crippen molar-refractivity contribution in [2.75, 3.05) is 6.61 Å². The Balaban J connectivity index is 1.53. The molecule has 5 aliphatic carbocycles. The van der Waals surface area contributed by atoms with Gasteiger partial charge in [-0.3, -0.25) is 9.59 Å². The molecule has 0 amide bonds. The van der Waals surface area contributed by atoms with Gasteiger partial charge in [0.1, 0.15) is 0 Å². The Hall–Kier alpha value is -1.32. The highest BCUT2D eigenvalue weighted by Crippen LogP contribution is 2.77. The van der Waals surface area contributed by atoms with E-state index in [1.165, 1.54) is 37.7 Å². The highest BCUT2D eigenvalue weighted by molar-refractivity contribution is 5.76. The molecule has 5 saturated carbocycles. The molecule has 4 heteroatoms. The quantitative estimate of drug-likeness (QED) is 0.289. The van der Waals surface area contributed by atoms with E-state index in [-0.39, 0.29) is 33.5 Å². The number of carboxylic acids is 1. The molecule has 0 aromatic rings. The zero-order valence-corrected chi connectivity index (χ0v) is 25.3. The Labute approximate surface area is 231 Å². The standard InChI is InChI=1S/C34H54O4/c1-9-21(2)24-13-17-34(29(36)37)19-18-32(7)25(28(24)34)10-11-27-30(5)15-12-22(3)31(6,20-38-23(4)35)26(30)14-16-33(27,32)8/h22,24-28H,2,9-20H2,1,3-8H3,(H,36,37)/t22-,24-,25?,26?,27?,28?,30-,31+,32+,33+,34-/m0/s1. The molecule has 4 nitrogen and oxygen atoms in total. The van der Waals surface area contributed by atoms with E-state index in [1.54, 1.807) is 6.92 Å². The van der Waals surface area contributed by atoms with Gasteiger partial charge in [-0.25, -0.2) is 0 Å².